The Morgan fingerprint density at radius 2 is 0.859 bits per heavy atom. The van der Waals surface area contributed by atoms with Gasteiger partial charge in [-0.3, -0.25) is 0 Å². The third-order valence-corrected chi connectivity index (χ3v) is 18.4. The molecule has 1 N–H and O–H groups in total. The number of azide groups is 1. The lowest BCUT2D eigenvalue weighted by Crippen LogP contribution is -2.70. The third-order valence-electron chi connectivity index (χ3n) is 18.4. The van der Waals surface area contributed by atoms with E-state index in [4.69, 9.17) is 85.3 Å². The fourth-order valence-electron chi connectivity index (χ4n) is 13.5. The molecule has 7 aromatic rings. The lowest BCUT2D eigenvalue weighted by molar-refractivity contribution is -0.419. The van der Waals surface area contributed by atoms with Crippen LogP contribution in [0.15, 0.2) is 230 Å². The minimum atomic E-state index is -1.65. The summed E-state index contributed by atoms with van der Waals surface area (Å²) < 4.78 is 123. The zero-order valence-electron chi connectivity index (χ0n) is 54.3. The smallest absolute Gasteiger partial charge is 0.338 e. The maximum Gasteiger partial charge on any atom is 0.338 e. The predicted molar refractivity (Wildman–Crippen MR) is 351 cm³/mol. The lowest BCUT2D eigenvalue weighted by atomic mass is 9.93. The van der Waals surface area contributed by atoms with E-state index in [-0.39, 0.29) is 51.8 Å². The number of nitrogens with zero attached hydrogens (tertiary/aromatic N) is 3. The second kappa shape index (κ2) is 32.8. The summed E-state index contributed by atoms with van der Waals surface area (Å²) in [5, 5.41) is 16.9. The SMILES string of the molecule is C=CCO[C@@H]1O[C@@H]2CO[C@H](c3ccccc3)O[C@@H]2[C@H](O[C@@H]2O[C@@H]3CO[C@H](c4ccccc4)O[C@@H]3[C@H](O[C@@H]3O[C@@H]4CO[C@H](c5ccccc5)O[C@@H]4[C@H](OC(=O)c4ccccc4)[C@H]3O[C@@H]3O[C@@H](C)[C@@H](OCc4ccccc4)[C@@H](OCc4ccccc4)[C@@H]3OCc3ccccc3)[C@H]2N=[N+]=[N-])[C@H]1O. The monoisotopic (exact) mass is 1350 g/mol. The standard InChI is InChI=1S/C76H79N3O20/c1-3-39-82-74-58(80)64(61-55(91-74)44-87-71(95-61)52-35-21-9-22-36-52)98-73-57(78-79-77)63(60-54(90-73)43-86-70(94-60)51-33-19-8-20-34-51)97-76-68(66(93-69(81)50-31-17-7-18-32-50)62-56(92-76)45-88-72(96-62)53-37-23-10-24-38-53)99-75-67(85-42-49-29-15-6-16-30-49)65(84-41-48-27-13-5-14-28-48)59(46(2)89-75)83-40-47-25-11-4-12-26-47/h3-38,46,54-68,70-76,80H,1,39-45H2,2H3/t46-,54+,55+,56+,57+,58+,59+,60-,61-,62-,63+,64+,65+,66-,67-,68+,70-,71-,72-,73-,74+,75-,76-/m0/s1. The van der Waals surface area contributed by atoms with Gasteiger partial charge in [0.25, 0.3) is 0 Å². The highest BCUT2D eigenvalue weighted by atomic mass is 16.8. The Morgan fingerprint density at radius 1 is 0.465 bits per heavy atom. The van der Waals surface area contributed by atoms with Crippen LogP contribution in [-0.4, -0.2) is 160 Å². The van der Waals surface area contributed by atoms with Crippen LogP contribution in [0.2, 0.25) is 0 Å². The number of fused-ring (bicyclic) bond motifs is 3. The van der Waals surface area contributed by atoms with Crippen LogP contribution in [0.5, 0.6) is 0 Å². The summed E-state index contributed by atoms with van der Waals surface area (Å²) in [5.74, 6) is -0.730. The highest BCUT2D eigenvalue weighted by Gasteiger charge is 2.61. The number of ether oxygens (including phenoxy) is 18. The van der Waals surface area contributed by atoms with E-state index in [1.807, 2.05) is 189 Å². The topological polar surface area (TPSA) is 252 Å². The van der Waals surface area contributed by atoms with Crippen molar-refractivity contribution in [3.8, 4) is 0 Å². The molecule has 0 amide bonds. The van der Waals surface area contributed by atoms with Gasteiger partial charge in [0.15, 0.2) is 56.2 Å². The highest BCUT2D eigenvalue weighted by molar-refractivity contribution is 5.89. The first-order valence-electron chi connectivity index (χ1n) is 33.4. The molecule has 23 atom stereocenters. The van der Waals surface area contributed by atoms with Gasteiger partial charge in [-0.2, -0.15) is 0 Å². The van der Waals surface area contributed by atoms with Crippen molar-refractivity contribution in [3.05, 3.63) is 274 Å². The van der Waals surface area contributed by atoms with Gasteiger partial charge in [0, 0.05) is 21.6 Å². The summed E-state index contributed by atoms with van der Waals surface area (Å²) >= 11 is 0. The summed E-state index contributed by atoms with van der Waals surface area (Å²) in [4.78, 5) is 18.5. The Labute approximate surface area is 573 Å². The molecule has 14 rings (SSSR count). The molecule has 7 saturated heterocycles. The number of carbonyl (C=O) groups is 1. The van der Waals surface area contributed by atoms with Crippen molar-refractivity contribution in [1.29, 1.82) is 0 Å². The summed E-state index contributed by atoms with van der Waals surface area (Å²) in [6.45, 7) is 5.88. The van der Waals surface area contributed by atoms with Gasteiger partial charge in [-0.15, -0.1) is 6.58 Å². The van der Waals surface area contributed by atoms with Gasteiger partial charge in [0.05, 0.1) is 57.9 Å². The minimum Gasteiger partial charge on any atom is -0.453 e. The van der Waals surface area contributed by atoms with Crippen LogP contribution in [0, 0.1) is 0 Å². The molecule has 0 saturated carbocycles. The molecule has 518 valence electrons. The van der Waals surface area contributed by atoms with Gasteiger partial charge >= 0.3 is 5.97 Å². The maximum atomic E-state index is 15.1. The van der Waals surface area contributed by atoms with Crippen molar-refractivity contribution in [2.75, 3.05) is 26.4 Å². The van der Waals surface area contributed by atoms with Crippen LogP contribution in [0.1, 0.15) is 69.5 Å². The zero-order chi connectivity index (χ0) is 67.4. The second-order valence-electron chi connectivity index (χ2n) is 25.0. The van der Waals surface area contributed by atoms with Gasteiger partial charge in [-0.1, -0.05) is 211 Å². The van der Waals surface area contributed by atoms with E-state index in [1.165, 1.54) is 6.08 Å². The third kappa shape index (κ3) is 16.1. The van der Waals surface area contributed by atoms with Crippen LogP contribution < -0.4 is 0 Å². The summed E-state index contributed by atoms with van der Waals surface area (Å²) in [7, 11) is 0. The van der Waals surface area contributed by atoms with E-state index < -0.39 is 148 Å². The molecule has 7 fully saturated rings. The normalized spacial score (nSPS) is 34.3. The van der Waals surface area contributed by atoms with Gasteiger partial charge in [-0.25, -0.2) is 4.79 Å². The largest absolute Gasteiger partial charge is 0.453 e. The molecule has 7 aliphatic rings. The summed E-state index contributed by atoms with van der Waals surface area (Å²) in [6, 6.07) is 64.2. The van der Waals surface area contributed by atoms with Crippen molar-refractivity contribution in [2.45, 2.75) is 168 Å². The van der Waals surface area contributed by atoms with E-state index in [9.17, 15) is 10.6 Å². The summed E-state index contributed by atoms with van der Waals surface area (Å²) in [5.41, 5.74) is 15.8. The minimum absolute atomic E-state index is 0.00418. The van der Waals surface area contributed by atoms with Crippen LogP contribution in [-0.2, 0) is 105 Å². The molecular formula is C76H79N3O20. The van der Waals surface area contributed by atoms with Crippen LogP contribution in [0.3, 0.4) is 0 Å². The van der Waals surface area contributed by atoms with Crippen molar-refractivity contribution in [2.24, 2.45) is 5.11 Å². The molecule has 7 aromatic carbocycles. The Balaban J connectivity index is 0.876. The molecule has 7 aliphatic heterocycles. The molecule has 0 aliphatic carbocycles. The Morgan fingerprint density at radius 3 is 1.34 bits per heavy atom. The zero-order valence-corrected chi connectivity index (χ0v) is 54.3. The van der Waals surface area contributed by atoms with Crippen molar-refractivity contribution in [3.63, 3.8) is 0 Å². The molecule has 99 heavy (non-hydrogen) atoms. The van der Waals surface area contributed by atoms with Gasteiger partial charge in [0.2, 0.25) is 0 Å². The molecular weight excluding hydrogens is 1270 g/mol. The molecule has 0 unspecified atom stereocenters. The van der Waals surface area contributed by atoms with E-state index >= 15 is 4.79 Å². The number of carbonyl (C=O) groups excluding carboxylic acids is 1. The molecule has 0 bridgehead atoms. The Kier molecular flexibility index (Phi) is 22.7. The highest BCUT2D eigenvalue weighted by Crippen LogP contribution is 2.45. The first kappa shape index (κ1) is 68.5. The number of aliphatic hydroxyl groups is 1. The number of hydrogen-bond donors (Lipinski definition) is 1. The van der Waals surface area contributed by atoms with E-state index in [2.05, 4.69) is 16.6 Å². The number of rotatable bonds is 24. The van der Waals surface area contributed by atoms with Crippen molar-refractivity contribution >= 4 is 5.97 Å². The fourth-order valence-corrected chi connectivity index (χ4v) is 13.5. The number of hydrogen-bond acceptors (Lipinski definition) is 21. The van der Waals surface area contributed by atoms with Gasteiger partial charge in [-0.05, 0) is 41.3 Å². The number of benzene rings is 7. The lowest BCUT2D eigenvalue weighted by Gasteiger charge is -2.54. The van der Waals surface area contributed by atoms with E-state index in [0.29, 0.717) is 16.7 Å². The van der Waals surface area contributed by atoms with Gasteiger partial charge < -0.3 is 90.4 Å². The maximum absolute atomic E-state index is 15.1. The molecule has 23 heteroatoms. The van der Waals surface area contributed by atoms with E-state index in [0.717, 1.165) is 16.7 Å². The van der Waals surface area contributed by atoms with E-state index in [1.54, 1.807) is 30.3 Å². The quantitative estimate of drug-likeness (QED) is 0.0194. The fraction of sp³-hybridized carbons (Fsp3) is 0.408. The average Bonchev–Trinajstić information content (AvgIpc) is 0.763. The molecule has 0 aromatic heterocycles. The van der Waals surface area contributed by atoms with Crippen LogP contribution in [0.25, 0.3) is 10.4 Å². The molecule has 0 spiro atoms. The molecule has 0 radical (unpaired) electrons. The summed E-state index contributed by atoms with van der Waals surface area (Å²) in [6.07, 6.45) is -24.3. The first-order valence-corrected chi connectivity index (χ1v) is 33.4. The Hall–Kier alpha value is -7.66. The number of esters is 1. The van der Waals surface area contributed by atoms with Gasteiger partial charge in [0.1, 0.15) is 79.3 Å². The molecule has 23 nitrogen and oxygen atoms in total. The van der Waals surface area contributed by atoms with Crippen LogP contribution in [0.4, 0.5) is 0 Å². The van der Waals surface area contributed by atoms with Crippen LogP contribution >= 0.6 is 0 Å². The van der Waals surface area contributed by atoms with Crippen molar-refractivity contribution < 1.29 is 95.2 Å². The molecule has 7 heterocycles. The average molecular weight is 1350 g/mol. The second-order valence-corrected chi connectivity index (χ2v) is 25.0. The van der Waals surface area contributed by atoms with Crippen molar-refractivity contribution in [1.82, 2.24) is 0 Å². The first-order chi connectivity index (χ1) is 48.7. The Bertz CT molecular complexity index is 3710. The number of aliphatic hydroxyl groups excluding tert-OH is 1. The predicted octanol–water partition coefficient (Wildman–Crippen LogP) is 10.6.